The number of nitrogens with zero attached hydrogens (tertiary/aromatic N) is 3. The Balaban J connectivity index is 0.00000220. The monoisotopic (exact) mass is 345 g/mol. The third-order valence-corrected chi connectivity index (χ3v) is 2.90. The molecule has 22 heavy (non-hydrogen) atoms. The van der Waals surface area contributed by atoms with E-state index in [1.54, 1.807) is 10.9 Å². The number of nitrogens with two attached hydrogens (primary N) is 1. The second-order valence-electron chi connectivity index (χ2n) is 4.68. The first-order valence-electron chi connectivity index (χ1n) is 6.55. The Labute approximate surface area is 142 Å². The van der Waals surface area contributed by atoms with Gasteiger partial charge in [-0.25, -0.2) is 9.67 Å². The van der Waals surface area contributed by atoms with E-state index in [1.807, 2.05) is 32.0 Å². The highest BCUT2D eigenvalue weighted by atomic mass is 35.5. The predicted molar refractivity (Wildman–Crippen MR) is 90.8 cm³/mol. The molecule has 0 radical (unpaired) electrons. The summed E-state index contributed by atoms with van der Waals surface area (Å²) in [6.07, 6.45) is 2.09. The molecule has 1 amide bonds. The molecule has 2 rings (SSSR count). The molecule has 0 fully saturated rings. The minimum atomic E-state index is -0.0462. The molecule has 3 N–H and O–H groups in total. The van der Waals surface area contributed by atoms with Gasteiger partial charge in [0.2, 0.25) is 5.91 Å². The van der Waals surface area contributed by atoms with Crippen molar-refractivity contribution >= 4 is 30.7 Å². The standard InChI is InChI=1S/C14H19N5O.2ClH/c1-10-7-11(2)19(18-10)13-4-3-12(8-16-13)9-17-14(20)5-6-15;;/h3-4,7-8H,5-6,9,15H2,1-2H3,(H,17,20);2*1H. The van der Waals surface area contributed by atoms with E-state index in [2.05, 4.69) is 15.4 Å². The number of aryl methyl sites for hydroxylation is 2. The third-order valence-electron chi connectivity index (χ3n) is 2.90. The summed E-state index contributed by atoms with van der Waals surface area (Å²) in [5.74, 6) is 0.725. The highest BCUT2D eigenvalue weighted by molar-refractivity contribution is 5.85. The predicted octanol–water partition coefficient (Wildman–Crippen LogP) is 1.69. The highest BCUT2D eigenvalue weighted by Gasteiger charge is 2.05. The number of carbonyl (C=O) groups excluding carboxylic acids is 1. The molecule has 0 aliphatic carbocycles. The summed E-state index contributed by atoms with van der Waals surface area (Å²) in [7, 11) is 0. The van der Waals surface area contributed by atoms with Crippen LogP contribution in [0.3, 0.4) is 0 Å². The van der Waals surface area contributed by atoms with E-state index >= 15 is 0 Å². The molecule has 8 heteroatoms. The summed E-state index contributed by atoms with van der Waals surface area (Å²) in [5.41, 5.74) is 8.26. The van der Waals surface area contributed by atoms with Crippen LogP contribution < -0.4 is 11.1 Å². The van der Waals surface area contributed by atoms with Crippen molar-refractivity contribution in [2.24, 2.45) is 5.73 Å². The molecule has 122 valence electrons. The molecular weight excluding hydrogens is 325 g/mol. The molecule has 0 saturated carbocycles. The molecule has 2 heterocycles. The number of nitrogens with one attached hydrogen (secondary N) is 1. The van der Waals surface area contributed by atoms with Crippen molar-refractivity contribution in [3.05, 3.63) is 41.3 Å². The molecule has 2 aromatic heterocycles. The van der Waals surface area contributed by atoms with Gasteiger partial charge in [0, 0.05) is 31.4 Å². The van der Waals surface area contributed by atoms with Gasteiger partial charge in [0.15, 0.2) is 5.82 Å². The molecule has 0 spiro atoms. The maximum atomic E-state index is 11.3. The number of aromatic nitrogens is 3. The van der Waals surface area contributed by atoms with Gasteiger partial charge in [0.05, 0.1) is 5.69 Å². The summed E-state index contributed by atoms with van der Waals surface area (Å²) >= 11 is 0. The molecule has 0 aromatic carbocycles. The van der Waals surface area contributed by atoms with Gasteiger partial charge in [-0.05, 0) is 31.5 Å². The zero-order valence-electron chi connectivity index (χ0n) is 12.6. The molecule has 2 aromatic rings. The van der Waals surface area contributed by atoms with Crippen molar-refractivity contribution in [1.29, 1.82) is 0 Å². The van der Waals surface area contributed by atoms with Crippen LogP contribution in [-0.2, 0) is 11.3 Å². The van der Waals surface area contributed by atoms with Gasteiger partial charge >= 0.3 is 0 Å². The van der Waals surface area contributed by atoms with E-state index in [4.69, 9.17) is 5.73 Å². The molecule has 0 aliphatic heterocycles. The lowest BCUT2D eigenvalue weighted by molar-refractivity contribution is -0.121. The summed E-state index contributed by atoms with van der Waals surface area (Å²) in [6.45, 7) is 4.76. The Kier molecular flexibility index (Phi) is 8.70. The summed E-state index contributed by atoms with van der Waals surface area (Å²) in [5, 5.41) is 7.17. The quantitative estimate of drug-likeness (QED) is 0.863. The minimum Gasteiger partial charge on any atom is -0.352 e. The zero-order valence-corrected chi connectivity index (χ0v) is 14.2. The zero-order chi connectivity index (χ0) is 14.5. The van der Waals surface area contributed by atoms with E-state index in [9.17, 15) is 4.79 Å². The summed E-state index contributed by atoms with van der Waals surface area (Å²) in [6, 6.07) is 5.83. The molecule has 0 atom stereocenters. The molecule has 6 nitrogen and oxygen atoms in total. The first-order chi connectivity index (χ1) is 9.60. The Morgan fingerprint density at radius 2 is 2.05 bits per heavy atom. The largest absolute Gasteiger partial charge is 0.352 e. The van der Waals surface area contributed by atoms with E-state index in [0.29, 0.717) is 19.5 Å². The van der Waals surface area contributed by atoms with Crippen LogP contribution in [0.15, 0.2) is 24.4 Å². The van der Waals surface area contributed by atoms with E-state index in [-0.39, 0.29) is 30.7 Å². The average Bonchev–Trinajstić information content (AvgIpc) is 2.76. The maximum absolute atomic E-state index is 11.3. The average molecular weight is 346 g/mol. The van der Waals surface area contributed by atoms with Crippen molar-refractivity contribution < 1.29 is 4.79 Å². The van der Waals surface area contributed by atoms with Crippen molar-refractivity contribution in [3.8, 4) is 5.82 Å². The van der Waals surface area contributed by atoms with Gasteiger partial charge in [-0.15, -0.1) is 24.8 Å². The van der Waals surface area contributed by atoms with Crippen LogP contribution in [0.1, 0.15) is 23.4 Å². The Bertz CT molecular complexity index is 598. The van der Waals surface area contributed by atoms with Crippen LogP contribution in [0.5, 0.6) is 0 Å². The lowest BCUT2D eigenvalue weighted by Gasteiger charge is -2.06. The number of amides is 1. The van der Waals surface area contributed by atoms with E-state index < -0.39 is 0 Å². The smallest absolute Gasteiger partial charge is 0.221 e. The number of hydrogen-bond acceptors (Lipinski definition) is 4. The van der Waals surface area contributed by atoms with Crippen LogP contribution >= 0.6 is 24.8 Å². The molecule has 0 unspecified atom stereocenters. The lowest BCUT2D eigenvalue weighted by atomic mass is 10.2. The second-order valence-corrected chi connectivity index (χ2v) is 4.68. The Hall–Kier alpha value is -1.63. The van der Waals surface area contributed by atoms with Gasteiger partial charge < -0.3 is 11.1 Å². The highest BCUT2D eigenvalue weighted by Crippen LogP contribution is 2.10. The summed E-state index contributed by atoms with van der Waals surface area (Å²) < 4.78 is 1.80. The molecule has 0 aliphatic rings. The fourth-order valence-electron chi connectivity index (χ4n) is 1.93. The fraction of sp³-hybridized carbons (Fsp3) is 0.357. The molecule has 0 bridgehead atoms. The van der Waals surface area contributed by atoms with Gasteiger partial charge in [-0.1, -0.05) is 6.07 Å². The normalized spacial score (nSPS) is 9.59. The first kappa shape index (κ1) is 20.4. The number of halogens is 2. The topological polar surface area (TPSA) is 85.8 Å². The van der Waals surface area contributed by atoms with Crippen molar-refractivity contribution in [3.63, 3.8) is 0 Å². The van der Waals surface area contributed by atoms with Crippen molar-refractivity contribution in [2.45, 2.75) is 26.8 Å². The van der Waals surface area contributed by atoms with Crippen LogP contribution in [0, 0.1) is 13.8 Å². The SMILES string of the molecule is Cc1cc(C)n(-c2ccc(CNC(=O)CCN)cn2)n1.Cl.Cl. The number of rotatable bonds is 5. The Morgan fingerprint density at radius 1 is 1.32 bits per heavy atom. The van der Waals surface area contributed by atoms with Crippen molar-refractivity contribution in [2.75, 3.05) is 6.54 Å². The van der Waals surface area contributed by atoms with E-state index in [1.165, 1.54) is 0 Å². The van der Waals surface area contributed by atoms with Crippen LogP contribution in [0.2, 0.25) is 0 Å². The number of hydrogen-bond donors (Lipinski definition) is 2. The van der Waals surface area contributed by atoms with Crippen molar-refractivity contribution in [1.82, 2.24) is 20.1 Å². The minimum absolute atomic E-state index is 0. The van der Waals surface area contributed by atoms with E-state index in [0.717, 1.165) is 22.8 Å². The van der Waals surface area contributed by atoms with Crippen LogP contribution in [0.25, 0.3) is 5.82 Å². The summed E-state index contributed by atoms with van der Waals surface area (Å²) in [4.78, 5) is 15.7. The second kappa shape index (κ2) is 9.40. The third kappa shape index (κ3) is 5.29. The molecular formula is C14H21Cl2N5O. The lowest BCUT2D eigenvalue weighted by Crippen LogP contribution is -2.25. The Morgan fingerprint density at radius 3 is 2.55 bits per heavy atom. The fourth-order valence-corrected chi connectivity index (χ4v) is 1.93. The van der Waals surface area contributed by atoms with Crippen LogP contribution in [-0.4, -0.2) is 27.2 Å². The van der Waals surface area contributed by atoms with Gasteiger partial charge in [0.1, 0.15) is 0 Å². The number of pyridine rings is 1. The molecule has 0 saturated heterocycles. The maximum Gasteiger partial charge on any atom is 0.221 e. The number of carbonyl (C=O) groups is 1. The van der Waals surface area contributed by atoms with Crippen LogP contribution in [0.4, 0.5) is 0 Å². The van der Waals surface area contributed by atoms with Gasteiger partial charge in [-0.3, -0.25) is 4.79 Å². The van der Waals surface area contributed by atoms with Gasteiger partial charge in [0.25, 0.3) is 0 Å². The van der Waals surface area contributed by atoms with Gasteiger partial charge in [-0.2, -0.15) is 5.10 Å². The first-order valence-corrected chi connectivity index (χ1v) is 6.55.